The molecule has 0 aromatic heterocycles. The number of allylic oxidation sites excluding steroid dienone is 1. The van der Waals surface area contributed by atoms with E-state index in [1.54, 1.807) is 0 Å². The second kappa shape index (κ2) is 4.10. The Bertz CT molecular complexity index is 282. The third-order valence-electron chi connectivity index (χ3n) is 2.00. The van der Waals surface area contributed by atoms with Crippen molar-refractivity contribution in [2.45, 2.75) is 28.2 Å². The molecular weight excluding hydrogens is 144 g/mol. The summed E-state index contributed by atoms with van der Waals surface area (Å²) >= 11 is 0. The van der Waals surface area contributed by atoms with Crippen LogP contribution in [0, 0.1) is 13.8 Å². The topological polar surface area (TPSA) is 0 Å². The Hall–Kier alpha value is -1.04. The van der Waals surface area contributed by atoms with Gasteiger partial charge in [0.15, 0.2) is 0 Å². The van der Waals surface area contributed by atoms with E-state index < -0.39 is 0 Å². The molecule has 0 spiro atoms. The number of hydrogen-bond donors (Lipinski definition) is 0. The van der Waals surface area contributed by atoms with Gasteiger partial charge in [-0.05, 0) is 37.5 Å². The van der Waals surface area contributed by atoms with E-state index in [2.05, 4.69) is 38.6 Å². The van der Waals surface area contributed by atoms with Gasteiger partial charge in [0.1, 0.15) is 0 Å². The van der Waals surface area contributed by atoms with Crippen molar-refractivity contribution in [3.8, 4) is 0 Å². The summed E-state index contributed by atoms with van der Waals surface area (Å²) in [6, 6.07) is 6.43. The fraction of sp³-hybridized carbons (Fsp3) is 0.333. The Morgan fingerprint density at radius 2 is 1.75 bits per heavy atom. The second-order valence-electron chi connectivity index (χ2n) is 3.08. The average Bonchev–Trinajstić information content (AvgIpc) is 1.94. The van der Waals surface area contributed by atoms with Gasteiger partial charge in [0.05, 0.1) is 0 Å². The Labute approximate surface area is 75.9 Å². The molecule has 0 radical (unpaired) electrons. The first-order valence-electron chi connectivity index (χ1n) is 3.84. The lowest BCUT2D eigenvalue weighted by molar-refractivity contribution is 1.33. The van der Waals surface area contributed by atoms with Crippen molar-refractivity contribution < 1.29 is 0 Å². The lowest BCUT2D eigenvalue weighted by atomic mass is 10.0. The van der Waals surface area contributed by atoms with Crippen molar-refractivity contribution in [2.75, 3.05) is 0 Å². The number of rotatable bonds is 1. The number of aryl methyl sites for hydroxylation is 2. The molecule has 0 saturated carbocycles. The maximum Gasteiger partial charge on any atom is -0.0230 e. The average molecular weight is 162 g/mol. The zero-order valence-corrected chi connectivity index (χ0v) is 7.44. The fourth-order valence-corrected chi connectivity index (χ4v) is 1.01. The highest BCUT2D eigenvalue weighted by atomic mass is 14.0. The summed E-state index contributed by atoms with van der Waals surface area (Å²) in [6.07, 6.45) is 0. The van der Waals surface area contributed by atoms with Gasteiger partial charge in [-0.3, -0.25) is 0 Å². The third kappa shape index (κ3) is 2.23. The van der Waals surface area contributed by atoms with Gasteiger partial charge in [-0.15, -0.1) is 0 Å². The van der Waals surface area contributed by atoms with Gasteiger partial charge in [0, 0.05) is 0 Å². The van der Waals surface area contributed by atoms with Gasteiger partial charge < -0.3 is 0 Å². The first-order valence-corrected chi connectivity index (χ1v) is 3.84. The van der Waals surface area contributed by atoms with Crippen molar-refractivity contribution in [1.82, 2.24) is 0 Å². The highest BCUT2D eigenvalue weighted by Gasteiger charge is 1.95. The van der Waals surface area contributed by atoms with Crippen LogP contribution in [0.4, 0.5) is 0 Å². The molecule has 0 bridgehead atoms. The van der Waals surface area contributed by atoms with Gasteiger partial charge in [0.25, 0.3) is 0 Å². The van der Waals surface area contributed by atoms with Crippen LogP contribution in [0.1, 0.15) is 31.0 Å². The van der Waals surface area contributed by atoms with E-state index >= 15 is 0 Å². The Balaban J connectivity index is 0.00000121. The molecule has 0 amide bonds. The van der Waals surface area contributed by atoms with E-state index in [1.807, 2.05) is 6.92 Å². The van der Waals surface area contributed by atoms with Crippen molar-refractivity contribution in [2.24, 2.45) is 0 Å². The lowest BCUT2D eigenvalue weighted by Crippen LogP contribution is -1.83. The molecule has 0 N–H and O–H groups in total. The molecule has 0 heteroatoms. The molecule has 0 aliphatic rings. The van der Waals surface area contributed by atoms with Crippen LogP contribution in [0.3, 0.4) is 0 Å². The highest BCUT2D eigenvalue weighted by molar-refractivity contribution is 5.62. The van der Waals surface area contributed by atoms with Crippen LogP contribution < -0.4 is 0 Å². The minimum Gasteiger partial charge on any atom is -0.0955 e. The van der Waals surface area contributed by atoms with E-state index in [4.69, 9.17) is 0 Å². The van der Waals surface area contributed by atoms with Gasteiger partial charge in [-0.25, -0.2) is 0 Å². The molecule has 0 fully saturated rings. The predicted octanol–water partition coefficient (Wildman–Crippen LogP) is 3.97. The maximum absolute atomic E-state index is 3.90. The number of hydrogen-bond acceptors (Lipinski definition) is 0. The fourth-order valence-electron chi connectivity index (χ4n) is 1.01. The molecule has 0 aliphatic carbocycles. The van der Waals surface area contributed by atoms with Gasteiger partial charge in [0.2, 0.25) is 0 Å². The van der Waals surface area contributed by atoms with E-state index in [0.29, 0.717) is 0 Å². The molecule has 0 heterocycles. The molecular formula is C12H18. The van der Waals surface area contributed by atoms with E-state index in [1.165, 1.54) is 16.7 Å². The molecule has 0 atom stereocenters. The molecule has 0 unspecified atom stereocenters. The summed E-state index contributed by atoms with van der Waals surface area (Å²) in [6.45, 7) is 10.2. The molecule has 0 saturated heterocycles. The predicted molar refractivity (Wildman–Crippen MR) is 57.4 cm³/mol. The van der Waals surface area contributed by atoms with Crippen molar-refractivity contribution in [3.05, 3.63) is 41.5 Å². The lowest BCUT2D eigenvalue weighted by Gasteiger charge is -2.03. The largest absolute Gasteiger partial charge is 0.0955 e. The third-order valence-corrected chi connectivity index (χ3v) is 2.00. The molecule has 12 heavy (non-hydrogen) atoms. The first-order chi connectivity index (χ1) is 5.11. The SMILES string of the molecule is C.C=C(C)c1ccc(C)c(C)c1. The Morgan fingerprint density at radius 3 is 2.17 bits per heavy atom. The van der Waals surface area contributed by atoms with E-state index in [-0.39, 0.29) is 7.43 Å². The minimum atomic E-state index is 0. The Morgan fingerprint density at radius 1 is 1.17 bits per heavy atom. The van der Waals surface area contributed by atoms with Crippen LogP contribution in [0.25, 0.3) is 5.57 Å². The summed E-state index contributed by atoms with van der Waals surface area (Å²) in [7, 11) is 0. The van der Waals surface area contributed by atoms with Crippen LogP contribution in [0.15, 0.2) is 24.8 Å². The summed E-state index contributed by atoms with van der Waals surface area (Å²) < 4.78 is 0. The number of benzene rings is 1. The quantitative estimate of drug-likeness (QED) is 0.586. The minimum absolute atomic E-state index is 0. The molecule has 0 nitrogen and oxygen atoms in total. The van der Waals surface area contributed by atoms with E-state index in [0.717, 1.165) is 5.57 Å². The smallest absolute Gasteiger partial charge is 0.0230 e. The standard InChI is InChI=1S/C11H14.CH4/c1-8(2)11-6-5-9(3)10(4)7-11;/h5-7H,1H2,2-4H3;1H4. The monoisotopic (exact) mass is 162 g/mol. The zero-order chi connectivity index (χ0) is 8.43. The van der Waals surface area contributed by atoms with Crippen molar-refractivity contribution in [1.29, 1.82) is 0 Å². The van der Waals surface area contributed by atoms with Crippen molar-refractivity contribution in [3.63, 3.8) is 0 Å². The van der Waals surface area contributed by atoms with Crippen LogP contribution in [0.2, 0.25) is 0 Å². The highest BCUT2D eigenvalue weighted by Crippen LogP contribution is 2.15. The van der Waals surface area contributed by atoms with E-state index in [9.17, 15) is 0 Å². The van der Waals surface area contributed by atoms with Gasteiger partial charge in [-0.1, -0.05) is 37.8 Å². The maximum atomic E-state index is 3.90. The molecule has 1 rings (SSSR count). The van der Waals surface area contributed by atoms with Crippen molar-refractivity contribution >= 4 is 5.57 Å². The first kappa shape index (κ1) is 11.0. The molecule has 1 aromatic rings. The zero-order valence-electron chi connectivity index (χ0n) is 7.44. The second-order valence-corrected chi connectivity index (χ2v) is 3.08. The van der Waals surface area contributed by atoms with Crippen LogP contribution in [0.5, 0.6) is 0 Å². The molecule has 1 aromatic carbocycles. The van der Waals surface area contributed by atoms with Gasteiger partial charge >= 0.3 is 0 Å². The molecule has 0 aliphatic heterocycles. The van der Waals surface area contributed by atoms with Crippen LogP contribution >= 0.6 is 0 Å². The summed E-state index contributed by atoms with van der Waals surface area (Å²) in [5.41, 5.74) is 5.06. The normalized spacial score (nSPS) is 8.92. The Kier molecular flexibility index (Phi) is 3.75. The summed E-state index contributed by atoms with van der Waals surface area (Å²) in [4.78, 5) is 0. The van der Waals surface area contributed by atoms with Crippen LogP contribution in [-0.4, -0.2) is 0 Å². The summed E-state index contributed by atoms with van der Waals surface area (Å²) in [5.74, 6) is 0. The van der Waals surface area contributed by atoms with Gasteiger partial charge in [-0.2, -0.15) is 0 Å². The van der Waals surface area contributed by atoms with Crippen LogP contribution in [-0.2, 0) is 0 Å². The summed E-state index contributed by atoms with van der Waals surface area (Å²) in [5, 5.41) is 0. The molecule has 66 valence electrons.